The largest absolute Gasteiger partial charge is 0.464 e. The van der Waals surface area contributed by atoms with E-state index < -0.39 is 29.7 Å². The number of nitrogens with one attached hydrogen (secondary N) is 1. The highest BCUT2D eigenvalue weighted by atomic mass is 16.5. The van der Waals surface area contributed by atoms with Crippen LogP contribution >= 0.6 is 0 Å². The number of imide groups is 1. The molecule has 1 aromatic carbocycles. The Labute approximate surface area is 120 Å². The number of hydrogen-bond donors (Lipinski definition) is 1. The molecular formula is C14H13N3O4. The number of anilines is 1. The van der Waals surface area contributed by atoms with Crippen molar-refractivity contribution in [2.24, 2.45) is 11.0 Å². The van der Waals surface area contributed by atoms with Crippen LogP contribution in [0.2, 0.25) is 0 Å². The lowest BCUT2D eigenvalue weighted by molar-refractivity contribution is -0.133. The molecule has 0 bridgehead atoms. The normalized spacial score (nSPS) is 23.7. The second-order valence-electron chi connectivity index (χ2n) is 4.92. The zero-order valence-electron chi connectivity index (χ0n) is 11.5. The summed E-state index contributed by atoms with van der Waals surface area (Å²) in [6.45, 7) is 1.87. The summed E-state index contributed by atoms with van der Waals surface area (Å²) in [4.78, 5) is 37.6. The number of ether oxygens (including phenoxy) is 1. The van der Waals surface area contributed by atoms with Crippen molar-refractivity contribution in [2.75, 3.05) is 12.0 Å². The molecule has 0 spiro atoms. The number of carbonyl (C=O) groups excluding carboxylic acids is 3. The fraction of sp³-hybridized carbons (Fsp3) is 0.286. The average molecular weight is 287 g/mol. The van der Waals surface area contributed by atoms with Crippen molar-refractivity contribution >= 4 is 29.2 Å². The first-order chi connectivity index (χ1) is 10.0. The van der Waals surface area contributed by atoms with E-state index in [0.29, 0.717) is 5.69 Å². The van der Waals surface area contributed by atoms with Gasteiger partial charge in [0.2, 0.25) is 5.91 Å². The van der Waals surface area contributed by atoms with E-state index in [0.717, 1.165) is 10.5 Å². The summed E-state index contributed by atoms with van der Waals surface area (Å²) in [5.41, 5.74) is 3.92. The van der Waals surface area contributed by atoms with E-state index in [-0.39, 0.29) is 5.71 Å². The minimum Gasteiger partial charge on any atom is -0.464 e. The maximum Gasteiger partial charge on any atom is 0.355 e. The number of esters is 1. The van der Waals surface area contributed by atoms with Gasteiger partial charge in [-0.25, -0.2) is 9.69 Å². The molecule has 0 radical (unpaired) electrons. The number of hydrogen-bond acceptors (Lipinski definition) is 6. The summed E-state index contributed by atoms with van der Waals surface area (Å²) in [6, 6.07) is 6.22. The molecule has 1 aromatic rings. The van der Waals surface area contributed by atoms with Gasteiger partial charge in [0, 0.05) is 0 Å². The molecule has 1 saturated heterocycles. The zero-order chi connectivity index (χ0) is 15.1. The highest BCUT2D eigenvalue weighted by molar-refractivity contribution is 6.46. The lowest BCUT2D eigenvalue weighted by Crippen LogP contribution is -2.36. The molecule has 108 valence electrons. The van der Waals surface area contributed by atoms with Gasteiger partial charge >= 0.3 is 5.97 Å². The van der Waals surface area contributed by atoms with Gasteiger partial charge in [0.15, 0.2) is 5.71 Å². The third-order valence-electron chi connectivity index (χ3n) is 3.58. The van der Waals surface area contributed by atoms with E-state index in [4.69, 9.17) is 0 Å². The predicted molar refractivity (Wildman–Crippen MR) is 73.5 cm³/mol. The topological polar surface area (TPSA) is 88.1 Å². The molecule has 7 heteroatoms. The first-order valence-electron chi connectivity index (χ1n) is 6.40. The average Bonchev–Trinajstić information content (AvgIpc) is 3.00. The first-order valence-corrected chi connectivity index (χ1v) is 6.40. The SMILES string of the molecule is COC(=O)C1=NN[C@H]2C(=O)N(c3cccc(C)c3)C(=O)[C@@H]12. The number of nitrogens with zero attached hydrogens (tertiary/aromatic N) is 2. The van der Waals surface area contributed by atoms with Crippen molar-refractivity contribution in [1.29, 1.82) is 0 Å². The molecular weight excluding hydrogens is 274 g/mol. The number of rotatable bonds is 2. The Kier molecular flexibility index (Phi) is 2.97. The Balaban J connectivity index is 1.98. The number of carbonyl (C=O) groups is 3. The van der Waals surface area contributed by atoms with E-state index >= 15 is 0 Å². The smallest absolute Gasteiger partial charge is 0.355 e. The number of methoxy groups -OCH3 is 1. The standard InChI is InChI=1S/C14H13N3O4/c1-7-4-3-5-8(6-7)17-12(18)9-10(13(17)19)15-16-11(9)14(20)21-2/h3-6,9-10,15H,1-2H3/t9-,10-/m1/s1. The maximum atomic E-state index is 12.5. The van der Waals surface area contributed by atoms with Gasteiger partial charge in [0.25, 0.3) is 5.91 Å². The number of aryl methyl sites for hydroxylation is 1. The molecule has 2 aliphatic rings. The monoisotopic (exact) mass is 287 g/mol. The minimum absolute atomic E-state index is 0.0593. The molecule has 7 nitrogen and oxygen atoms in total. The highest BCUT2D eigenvalue weighted by Crippen LogP contribution is 2.31. The molecule has 21 heavy (non-hydrogen) atoms. The van der Waals surface area contributed by atoms with Gasteiger partial charge in [0.1, 0.15) is 12.0 Å². The Morgan fingerprint density at radius 2 is 2.10 bits per heavy atom. The van der Waals surface area contributed by atoms with E-state index in [2.05, 4.69) is 15.3 Å². The van der Waals surface area contributed by atoms with Crippen LogP contribution in [-0.4, -0.2) is 36.6 Å². The predicted octanol–water partition coefficient (Wildman–Crippen LogP) is -0.0148. The Morgan fingerprint density at radius 3 is 2.76 bits per heavy atom. The molecule has 0 aromatic heterocycles. The lowest BCUT2D eigenvalue weighted by Gasteiger charge is -2.16. The van der Waals surface area contributed by atoms with E-state index in [1.54, 1.807) is 18.2 Å². The van der Waals surface area contributed by atoms with Gasteiger partial charge < -0.3 is 4.74 Å². The van der Waals surface area contributed by atoms with Gasteiger partial charge in [-0.1, -0.05) is 12.1 Å². The highest BCUT2D eigenvalue weighted by Gasteiger charge is 2.55. The summed E-state index contributed by atoms with van der Waals surface area (Å²) >= 11 is 0. The van der Waals surface area contributed by atoms with Crippen molar-refractivity contribution < 1.29 is 19.1 Å². The fourth-order valence-electron chi connectivity index (χ4n) is 2.58. The van der Waals surface area contributed by atoms with E-state index in [1.807, 2.05) is 13.0 Å². The molecule has 2 aliphatic heterocycles. The third-order valence-corrected chi connectivity index (χ3v) is 3.58. The molecule has 2 heterocycles. The quantitative estimate of drug-likeness (QED) is 0.610. The van der Waals surface area contributed by atoms with Crippen LogP contribution in [0.4, 0.5) is 5.69 Å². The second-order valence-corrected chi connectivity index (χ2v) is 4.92. The van der Waals surface area contributed by atoms with Crippen LogP contribution in [-0.2, 0) is 19.1 Å². The maximum absolute atomic E-state index is 12.5. The van der Waals surface area contributed by atoms with Crippen LogP contribution < -0.4 is 10.3 Å². The van der Waals surface area contributed by atoms with E-state index in [1.165, 1.54) is 7.11 Å². The lowest BCUT2D eigenvalue weighted by atomic mass is 9.99. The number of amides is 2. The van der Waals surface area contributed by atoms with Crippen LogP contribution in [0, 0.1) is 12.8 Å². The number of benzene rings is 1. The van der Waals surface area contributed by atoms with Crippen molar-refractivity contribution in [3.8, 4) is 0 Å². The molecule has 3 rings (SSSR count). The third kappa shape index (κ3) is 1.89. The molecule has 1 N–H and O–H groups in total. The Bertz CT molecular complexity index is 683. The molecule has 0 unspecified atom stereocenters. The summed E-state index contributed by atoms with van der Waals surface area (Å²) in [7, 11) is 1.21. The summed E-state index contributed by atoms with van der Waals surface area (Å²) in [6.07, 6.45) is 0. The van der Waals surface area contributed by atoms with Gasteiger partial charge in [0.05, 0.1) is 12.8 Å². The number of fused-ring (bicyclic) bond motifs is 1. The van der Waals surface area contributed by atoms with Gasteiger partial charge in [-0.15, -0.1) is 0 Å². The van der Waals surface area contributed by atoms with Crippen molar-refractivity contribution in [3.63, 3.8) is 0 Å². The van der Waals surface area contributed by atoms with Crippen LogP contribution in [0.3, 0.4) is 0 Å². The van der Waals surface area contributed by atoms with Gasteiger partial charge in [-0.3, -0.25) is 15.0 Å². The molecule has 1 fully saturated rings. The minimum atomic E-state index is -0.925. The number of hydrazone groups is 1. The van der Waals surface area contributed by atoms with Crippen LogP contribution in [0.1, 0.15) is 5.56 Å². The summed E-state index contributed by atoms with van der Waals surface area (Å²) < 4.78 is 4.59. The molecule has 2 atom stereocenters. The van der Waals surface area contributed by atoms with Gasteiger partial charge in [-0.05, 0) is 24.6 Å². The van der Waals surface area contributed by atoms with Gasteiger partial charge in [-0.2, -0.15) is 5.10 Å². The van der Waals surface area contributed by atoms with Crippen molar-refractivity contribution in [3.05, 3.63) is 29.8 Å². The Hall–Kier alpha value is -2.70. The molecule has 2 amide bonds. The summed E-state index contributed by atoms with van der Waals surface area (Å²) in [5.74, 6) is -2.52. The van der Waals surface area contributed by atoms with Crippen molar-refractivity contribution in [2.45, 2.75) is 13.0 Å². The van der Waals surface area contributed by atoms with Crippen molar-refractivity contribution in [1.82, 2.24) is 5.43 Å². The second kappa shape index (κ2) is 4.69. The molecule has 0 saturated carbocycles. The first kappa shape index (κ1) is 13.3. The molecule has 0 aliphatic carbocycles. The fourth-order valence-corrected chi connectivity index (χ4v) is 2.58. The van der Waals surface area contributed by atoms with Crippen LogP contribution in [0.15, 0.2) is 29.4 Å². The zero-order valence-corrected chi connectivity index (χ0v) is 11.5. The summed E-state index contributed by atoms with van der Waals surface area (Å²) in [5, 5.41) is 3.76. The van der Waals surface area contributed by atoms with E-state index in [9.17, 15) is 14.4 Å². The Morgan fingerprint density at radius 1 is 1.33 bits per heavy atom. The van der Waals surface area contributed by atoms with Crippen LogP contribution in [0.25, 0.3) is 0 Å². The van der Waals surface area contributed by atoms with Crippen LogP contribution in [0.5, 0.6) is 0 Å².